The number of hydrogen-bond donors (Lipinski definition) is 1. The summed E-state index contributed by atoms with van der Waals surface area (Å²) in [5.41, 5.74) is 7.75. The van der Waals surface area contributed by atoms with Crippen LogP contribution in [0, 0.1) is 6.92 Å². The molecule has 0 amide bonds. The van der Waals surface area contributed by atoms with Gasteiger partial charge in [0, 0.05) is 12.5 Å². The molecule has 0 aliphatic heterocycles. The maximum atomic E-state index is 11.2. The lowest BCUT2D eigenvalue weighted by Gasteiger charge is -2.27. The zero-order valence-electron chi connectivity index (χ0n) is 19.2. The second-order valence-electron chi connectivity index (χ2n) is 8.81. The molecule has 1 N–H and O–H groups in total. The van der Waals surface area contributed by atoms with E-state index in [1.807, 2.05) is 6.07 Å². The number of nitrogens with one attached hydrogen (secondary N) is 1. The summed E-state index contributed by atoms with van der Waals surface area (Å²) in [5.74, 6) is 1.20. The Kier molecular flexibility index (Phi) is 7.39. The van der Waals surface area contributed by atoms with Gasteiger partial charge in [0.2, 0.25) is 0 Å². The van der Waals surface area contributed by atoms with E-state index in [0.717, 1.165) is 31.6 Å². The summed E-state index contributed by atoms with van der Waals surface area (Å²) in [6, 6.07) is 23.9. The van der Waals surface area contributed by atoms with Crippen LogP contribution in [0.5, 0.6) is 5.75 Å². The van der Waals surface area contributed by atoms with E-state index in [2.05, 4.69) is 72.9 Å². The molecule has 3 aromatic rings. The second-order valence-corrected chi connectivity index (χ2v) is 8.81. The van der Waals surface area contributed by atoms with Gasteiger partial charge >= 0.3 is 0 Å². The molecule has 1 unspecified atom stereocenters. The van der Waals surface area contributed by atoms with Crippen LogP contribution in [-0.4, -0.2) is 12.3 Å². The Labute approximate surface area is 191 Å². The molecule has 32 heavy (non-hydrogen) atoms. The van der Waals surface area contributed by atoms with Crippen molar-refractivity contribution in [1.82, 2.24) is 5.32 Å². The van der Waals surface area contributed by atoms with E-state index in [-0.39, 0.29) is 5.78 Å². The third-order valence-electron chi connectivity index (χ3n) is 6.45. The maximum Gasteiger partial charge on any atom is 0.129 e. The average molecular weight is 428 g/mol. The highest BCUT2D eigenvalue weighted by atomic mass is 16.5. The first-order chi connectivity index (χ1) is 15.6. The minimum atomic E-state index is 0.266. The van der Waals surface area contributed by atoms with Crippen molar-refractivity contribution in [2.24, 2.45) is 0 Å². The number of carbonyl (C=O) groups excluding carboxylic acids is 1. The maximum absolute atomic E-state index is 11.2. The largest absolute Gasteiger partial charge is 0.489 e. The number of Topliss-reactive ketones (excluding diaryl/α,β-unsaturated/α-hetero) is 1. The third kappa shape index (κ3) is 5.46. The number of benzene rings is 3. The van der Waals surface area contributed by atoms with Gasteiger partial charge in [-0.2, -0.15) is 0 Å². The van der Waals surface area contributed by atoms with Crippen molar-refractivity contribution in [2.75, 3.05) is 6.54 Å². The SMILES string of the molecule is CC(=O)CCCNC1CCCc2cc(OCc3cccc(-c4ccccc4)c3C)ccc21. The average Bonchev–Trinajstić information content (AvgIpc) is 2.81. The third-order valence-corrected chi connectivity index (χ3v) is 6.45. The van der Waals surface area contributed by atoms with Gasteiger partial charge in [0.1, 0.15) is 18.1 Å². The van der Waals surface area contributed by atoms with Gasteiger partial charge in [0.05, 0.1) is 0 Å². The predicted octanol–water partition coefficient (Wildman–Crippen LogP) is 6.58. The number of ether oxygens (including phenoxy) is 1. The van der Waals surface area contributed by atoms with Crippen LogP contribution < -0.4 is 10.1 Å². The Hall–Kier alpha value is -2.91. The van der Waals surface area contributed by atoms with Gasteiger partial charge in [-0.1, -0.05) is 54.6 Å². The van der Waals surface area contributed by atoms with E-state index in [1.165, 1.54) is 39.8 Å². The topological polar surface area (TPSA) is 38.3 Å². The molecule has 0 radical (unpaired) electrons. The molecule has 0 saturated heterocycles. The Morgan fingerprint density at radius 2 is 1.91 bits per heavy atom. The molecule has 0 heterocycles. The molecule has 3 heteroatoms. The zero-order valence-corrected chi connectivity index (χ0v) is 19.2. The molecule has 0 bridgehead atoms. The first kappa shape index (κ1) is 22.3. The lowest BCUT2D eigenvalue weighted by Crippen LogP contribution is -2.26. The number of hydrogen-bond acceptors (Lipinski definition) is 3. The van der Waals surface area contributed by atoms with Gasteiger partial charge in [-0.3, -0.25) is 0 Å². The van der Waals surface area contributed by atoms with Crippen LogP contribution in [0.15, 0.2) is 66.7 Å². The highest BCUT2D eigenvalue weighted by molar-refractivity contribution is 5.75. The molecular formula is C29H33NO2. The molecule has 3 aromatic carbocycles. The molecule has 3 nitrogen and oxygen atoms in total. The van der Waals surface area contributed by atoms with Crippen molar-refractivity contribution in [3.05, 3.63) is 89.0 Å². The van der Waals surface area contributed by atoms with Crippen molar-refractivity contribution in [3.63, 3.8) is 0 Å². The fraction of sp³-hybridized carbons (Fsp3) is 0.345. The van der Waals surface area contributed by atoms with Crippen molar-refractivity contribution < 1.29 is 9.53 Å². The predicted molar refractivity (Wildman–Crippen MR) is 131 cm³/mol. The van der Waals surface area contributed by atoms with Gasteiger partial charge in [-0.25, -0.2) is 0 Å². The number of rotatable bonds is 9. The van der Waals surface area contributed by atoms with Crippen molar-refractivity contribution in [2.45, 2.75) is 58.6 Å². The lowest BCUT2D eigenvalue weighted by molar-refractivity contribution is -0.117. The van der Waals surface area contributed by atoms with Crippen LogP contribution in [0.25, 0.3) is 11.1 Å². The zero-order chi connectivity index (χ0) is 22.3. The summed E-state index contributed by atoms with van der Waals surface area (Å²) in [7, 11) is 0. The Bertz CT molecular complexity index is 1060. The van der Waals surface area contributed by atoms with Crippen LogP contribution >= 0.6 is 0 Å². The summed E-state index contributed by atoms with van der Waals surface area (Å²) in [5, 5.41) is 3.65. The molecule has 166 valence electrons. The van der Waals surface area contributed by atoms with Crippen molar-refractivity contribution in [1.29, 1.82) is 0 Å². The summed E-state index contributed by atoms with van der Waals surface area (Å²) >= 11 is 0. The highest BCUT2D eigenvalue weighted by Gasteiger charge is 2.20. The number of carbonyl (C=O) groups is 1. The quantitative estimate of drug-likeness (QED) is 0.392. The summed E-state index contributed by atoms with van der Waals surface area (Å²) < 4.78 is 6.23. The highest BCUT2D eigenvalue weighted by Crippen LogP contribution is 2.33. The normalized spacial score (nSPS) is 15.2. The van der Waals surface area contributed by atoms with E-state index in [0.29, 0.717) is 19.1 Å². The molecule has 1 aliphatic rings. The Morgan fingerprint density at radius 3 is 2.72 bits per heavy atom. The van der Waals surface area contributed by atoms with E-state index < -0.39 is 0 Å². The number of fused-ring (bicyclic) bond motifs is 1. The van der Waals surface area contributed by atoms with E-state index in [9.17, 15) is 4.79 Å². The molecule has 1 aliphatic carbocycles. The number of ketones is 1. The van der Waals surface area contributed by atoms with Crippen LogP contribution in [0.4, 0.5) is 0 Å². The first-order valence-corrected chi connectivity index (χ1v) is 11.7. The molecular weight excluding hydrogens is 394 g/mol. The molecule has 0 saturated carbocycles. The standard InChI is InChI=1S/C29H33NO2/c1-21(31)9-8-18-30-29-15-7-12-24-19-26(16-17-28(24)29)32-20-25-13-6-14-27(22(25)2)23-10-4-3-5-11-23/h3-6,10-11,13-14,16-17,19,29-30H,7-9,12,15,18,20H2,1-2H3. The van der Waals surface area contributed by atoms with Crippen LogP contribution in [-0.2, 0) is 17.8 Å². The van der Waals surface area contributed by atoms with Crippen molar-refractivity contribution >= 4 is 5.78 Å². The molecule has 0 fully saturated rings. The summed E-state index contributed by atoms with van der Waals surface area (Å²) in [6.07, 6.45) is 4.99. The monoisotopic (exact) mass is 427 g/mol. The fourth-order valence-corrected chi connectivity index (χ4v) is 4.64. The summed E-state index contributed by atoms with van der Waals surface area (Å²) in [4.78, 5) is 11.2. The molecule has 0 aromatic heterocycles. The minimum absolute atomic E-state index is 0.266. The van der Waals surface area contributed by atoms with Crippen LogP contribution in [0.3, 0.4) is 0 Å². The molecule has 0 spiro atoms. The van der Waals surface area contributed by atoms with E-state index >= 15 is 0 Å². The van der Waals surface area contributed by atoms with Crippen LogP contribution in [0.1, 0.15) is 60.9 Å². The van der Waals surface area contributed by atoms with Gasteiger partial charge in [-0.05, 0) is 91.6 Å². The Balaban J connectivity index is 1.41. The first-order valence-electron chi connectivity index (χ1n) is 11.7. The molecule has 4 rings (SSSR count). The van der Waals surface area contributed by atoms with Crippen molar-refractivity contribution in [3.8, 4) is 16.9 Å². The number of aryl methyl sites for hydroxylation is 1. The summed E-state index contributed by atoms with van der Waals surface area (Å²) in [6.45, 7) is 5.30. The minimum Gasteiger partial charge on any atom is -0.489 e. The Morgan fingerprint density at radius 1 is 1.06 bits per heavy atom. The van der Waals surface area contributed by atoms with Gasteiger partial charge < -0.3 is 14.8 Å². The second kappa shape index (κ2) is 10.6. The van der Waals surface area contributed by atoms with Crippen LogP contribution in [0.2, 0.25) is 0 Å². The van der Waals surface area contributed by atoms with E-state index in [1.54, 1.807) is 6.92 Å². The fourth-order valence-electron chi connectivity index (χ4n) is 4.64. The smallest absolute Gasteiger partial charge is 0.129 e. The van der Waals surface area contributed by atoms with Gasteiger partial charge in [0.15, 0.2) is 0 Å². The lowest BCUT2D eigenvalue weighted by atomic mass is 9.87. The van der Waals surface area contributed by atoms with E-state index in [4.69, 9.17) is 4.74 Å². The van der Waals surface area contributed by atoms with Gasteiger partial charge in [0.25, 0.3) is 0 Å². The van der Waals surface area contributed by atoms with Gasteiger partial charge in [-0.15, -0.1) is 0 Å². The molecule has 1 atom stereocenters.